The second kappa shape index (κ2) is 35700. The molecule has 0 aliphatic heterocycles. The molecule has 0 rings (SSSR count). The van der Waals surface area contributed by atoms with Gasteiger partial charge in [-0.15, -0.1) is 0 Å². The van der Waals surface area contributed by atoms with Crippen molar-refractivity contribution in [3.63, 3.8) is 0 Å². The van der Waals surface area contributed by atoms with Crippen LogP contribution in [0.4, 0.5) is 0 Å². The summed E-state index contributed by atoms with van der Waals surface area (Å²) in [7, 11) is 27.0. The summed E-state index contributed by atoms with van der Waals surface area (Å²) in [5.74, 6) is 0. The van der Waals surface area contributed by atoms with Crippen molar-refractivity contribution in [2.45, 2.75) is 0 Å². The average Bonchev–Trinajstić information content (AvgIpc) is 3.63. The maximum atomic E-state index is 8.25. The zero-order valence-electron chi connectivity index (χ0n) is 62.6. The minimum atomic E-state index is 0. The summed E-state index contributed by atoms with van der Waals surface area (Å²) in [5.41, 5.74) is 0. The van der Waals surface area contributed by atoms with E-state index < -0.39 is 0 Å². The fraction of sp³-hybridized carbons (Fsp3) is 1.00. The fourth-order valence-electron chi connectivity index (χ4n) is 0. The smallest absolute Gasteiger partial charge is 0 e. The van der Waals surface area contributed by atoms with E-state index in [2.05, 4.69) is 0 Å². The molecule has 0 bridgehead atoms. The van der Waals surface area contributed by atoms with E-state index in [1.165, 1.54) is 0 Å². The fourth-order valence-corrected chi connectivity index (χ4v) is 0. The van der Waals surface area contributed by atoms with E-state index in [0.717, 1.165) is 256 Å². The van der Waals surface area contributed by atoms with Crippen LogP contribution in [-0.4, -0.2) is 256 Å². The van der Waals surface area contributed by atoms with Crippen molar-refractivity contribution in [3.05, 3.63) is 0 Å². The van der Waals surface area contributed by atoms with Gasteiger partial charge in [0.25, 0.3) is 0 Å². The summed E-state index contributed by atoms with van der Waals surface area (Å²) >= 11 is 0. The van der Waals surface area contributed by atoms with Gasteiger partial charge in [-0.05, 0) is 0 Å². The van der Waals surface area contributed by atoms with Gasteiger partial charge in [-0.25, -0.2) is 0 Å². The molecule has 0 N–H and O–H groups in total. The van der Waals surface area contributed by atoms with Gasteiger partial charge in [0.1, 0.15) is 0 Å². The maximum absolute atomic E-state index is 8.25. The molecule has 0 fully saturated rings. The van der Waals surface area contributed by atoms with Gasteiger partial charge in [0.05, 0.1) is 0 Å². The first-order valence-corrected chi connectivity index (χ1v) is 14.7. The monoisotopic (exact) mass is 3650 g/mol. The number of hydrogen-bond acceptors (Lipinski definition) is 36. The molecule has 54 nitrogen and oxygen atoms in total. The molecule has 0 atom stereocenters. The van der Waals surface area contributed by atoms with Crippen molar-refractivity contribution in [3.8, 4) is 0 Å². The predicted molar refractivity (Wildman–Crippen MR) is 226 cm³/mol. The van der Waals surface area contributed by atoms with Crippen LogP contribution >= 0.6 is 0 Å². The van der Waals surface area contributed by atoms with Gasteiger partial charge in [0.15, 0.2) is 0 Å². The molecule has 12 radical (unpaired) electrons. The van der Waals surface area contributed by atoms with E-state index in [0.29, 0.717) is 0 Å². The average molecular weight is 3640 g/mol. The third-order valence-corrected chi connectivity index (χ3v) is 0. The van der Waals surface area contributed by atoms with Crippen molar-refractivity contribution < 1.29 is 527 Å². The standard InChI is InChI=1S/36CH3O.18O.12Re/c36*1-2;;;;;;;;;;;;;;;;;;;;;;;;;;;;;;/h36*1H3;;;;;;;;;;;;;;;;;;;;;;;;;;;;;;/q36*-1;18*-2;;;;;;;;;;;;. The van der Waals surface area contributed by atoms with Crippen molar-refractivity contribution in [1.82, 2.24) is 0 Å². The van der Waals surface area contributed by atoms with Crippen LogP contribution in [0.15, 0.2) is 0 Å². The Hall–Kier alpha value is 5.79. The van der Waals surface area contributed by atoms with Gasteiger partial charge in [-0.2, -0.15) is 256 Å². The summed E-state index contributed by atoms with van der Waals surface area (Å²) in [5, 5.41) is 297. The van der Waals surface area contributed by atoms with Crippen LogP contribution in [0.5, 0.6) is 0 Å². The summed E-state index contributed by atoms with van der Waals surface area (Å²) in [6.45, 7) is 0. The minimum Gasteiger partial charge on any atom is -2.00 e. The van der Waals surface area contributed by atoms with E-state index in [9.17, 15) is 0 Å². The van der Waals surface area contributed by atoms with Gasteiger partial charge in [0.2, 0.25) is 0 Å². The van der Waals surface area contributed by atoms with Crippen molar-refractivity contribution >= 4 is 0 Å². The molecule has 732 valence electrons. The molecular weight excluding hydrogens is 3530 g/mol. The second-order valence-electron chi connectivity index (χ2n) is 0. The van der Waals surface area contributed by atoms with E-state index >= 15 is 0 Å². The Balaban J connectivity index is -0.00000000202. The zero-order chi connectivity index (χ0) is 72.0. The van der Waals surface area contributed by atoms with E-state index in [-0.39, 0.29) is 344 Å². The molecule has 0 aromatic heterocycles. The molecule has 0 aliphatic carbocycles. The van der Waals surface area contributed by atoms with Crippen LogP contribution in [-0.2, 0) is 344 Å². The normalized spacial score (nSPS) is 2.12. The van der Waals surface area contributed by atoms with Gasteiger partial charge in [-0.1, -0.05) is 0 Å². The number of hydrogen-bond donors (Lipinski definition) is 0. The van der Waals surface area contributed by atoms with Gasteiger partial charge in [0, 0.05) is 245 Å². The molecule has 0 saturated heterocycles. The Morgan fingerprint density at radius 2 is 0.0490 bits per heavy atom. The molecule has 0 heterocycles. The Bertz CT molecular complexity index is 141. The summed E-state index contributed by atoms with van der Waals surface area (Å²) in [4.78, 5) is 0. The van der Waals surface area contributed by atoms with Gasteiger partial charge >= 0.3 is 0 Å². The van der Waals surface area contributed by atoms with Crippen LogP contribution in [0.2, 0.25) is 0 Å². The van der Waals surface area contributed by atoms with Crippen molar-refractivity contribution in [2.75, 3.05) is 256 Å². The first-order chi connectivity index (χ1) is 36.0. The molecule has 0 amide bonds. The van der Waals surface area contributed by atoms with Crippen LogP contribution < -0.4 is 184 Å². The molecule has 0 spiro atoms. The Morgan fingerprint density at radius 1 is 0.0490 bits per heavy atom. The predicted octanol–water partition coefficient (Wildman–Crippen LogP) is -39.0. The molecular formula is C36H108O54Re12-72. The van der Waals surface area contributed by atoms with Crippen LogP contribution in [0.3, 0.4) is 0 Å². The molecule has 0 saturated carbocycles. The summed E-state index contributed by atoms with van der Waals surface area (Å²) in [6.07, 6.45) is 0. The summed E-state index contributed by atoms with van der Waals surface area (Å²) in [6, 6.07) is 0. The van der Waals surface area contributed by atoms with E-state index in [1.54, 1.807) is 0 Å². The van der Waals surface area contributed by atoms with Crippen LogP contribution in [0, 0.1) is 0 Å². The third kappa shape index (κ3) is 34700. The Labute approximate surface area is 775 Å². The number of rotatable bonds is 0. The molecule has 102 heavy (non-hydrogen) atoms. The quantitative estimate of drug-likeness (QED) is 0.217. The van der Waals surface area contributed by atoms with Crippen LogP contribution in [0.25, 0.3) is 0 Å². The minimum absolute atomic E-state index is 0. The topological polar surface area (TPSA) is 1340 Å². The molecule has 0 aromatic rings. The Morgan fingerprint density at radius 3 is 0.0490 bits per heavy atom. The molecule has 0 aliphatic rings. The SMILES string of the molecule is C[O-].C[O-].C[O-].C[O-].C[O-].C[O-].C[O-].C[O-].C[O-].C[O-].C[O-].C[O-].C[O-].C[O-].C[O-].C[O-].C[O-].C[O-].C[O-].C[O-].C[O-].C[O-].C[O-].C[O-].C[O-].C[O-].C[O-].C[O-].C[O-].C[O-].C[O-].C[O-].C[O-].C[O-].C[O-].C[O-].[O-2].[O-2].[O-2].[O-2].[O-2].[O-2].[O-2].[O-2].[O-2].[O-2].[O-2].[O-2].[O-2].[O-2].[O-2].[O-2].[O-2].[O-2].[Re].[Re].[Re].[Re].[Re].[Re].[Re].[Re].[Re].[Re].[Re].[Re]. The van der Waals surface area contributed by atoms with Gasteiger partial charge < -0.3 is 282 Å². The first-order valence-electron chi connectivity index (χ1n) is 14.7. The van der Waals surface area contributed by atoms with E-state index in [1.807, 2.05) is 0 Å². The maximum Gasteiger partial charge on any atom is 0 e. The second-order valence-corrected chi connectivity index (χ2v) is 0. The Kier molecular flexibility index (Phi) is 246000. The first kappa shape index (κ1) is 704. The van der Waals surface area contributed by atoms with Crippen molar-refractivity contribution in [2.24, 2.45) is 0 Å². The van der Waals surface area contributed by atoms with Gasteiger partial charge in [-0.3, -0.25) is 0 Å². The molecule has 0 aromatic carbocycles. The zero-order valence-corrected chi connectivity index (χ0v) is 95.2. The summed E-state index contributed by atoms with van der Waals surface area (Å²) < 4.78 is 0. The third-order valence-electron chi connectivity index (χ3n) is 0. The van der Waals surface area contributed by atoms with Crippen LogP contribution in [0.1, 0.15) is 0 Å². The van der Waals surface area contributed by atoms with E-state index in [4.69, 9.17) is 184 Å². The largest absolute Gasteiger partial charge is 2.00 e. The molecule has 0 unspecified atom stereocenters. The molecule has 66 heteroatoms. The van der Waals surface area contributed by atoms with Crippen molar-refractivity contribution in [1.29, 1.82) is 0 Å².